The molecule has 15 heavy (non-hydrogen) atoms. The minimum absolute atomic E-state index is 0.251. The molecule has 0 aliphatic carbocycles. The number of ketones is 1. The average molecular weight is 202 g/mol. The van der Waals surface area contributed by atoms with Gasteiger partial charge in [0.1, 0.15) is 5.78 Å². The summed E-state index contributed by atoms with van der Waals surface area (Å²) in [5.41, 5.74) is 3.80. The van der Waals surface area contributed by atoms with Gasteiger partial charge in [0.25, 0.3) is 0 Å². The molecule has 80 valence electrons. The van der Waals surface area contributed by atoms with Crippen molar-refractivity contribution in [2.24, 2.45) is 0 Å². The number of benzene rings is 1. The van der Waals surface area contributed by atoms with Crippen molar-refractivity contribution in [3.63, 3.8) is 0 Å². The van der Waals surface area contributed by atoms with Crippen LogP contribution in [0, 0.1) is 13.8 Å². The van der Waals surface area contributed by atoms with Gasteiger partial charge in [-0.1, -0.05) is 35.9 Å². The Balaban J connectivity index is 2.63. The topological polar surface area (TPSA) is 17.1 Å². The summed E-state index contributed by atoms with van der Waals surface area (Å²) in [6, 6.07) is 6.40. The molecular formula is C14H18O. The fourth-order valence-electron chi connectivity index (χ4n) is 1.44. The largest absolute Gasteiger partial charge is 0.300 e. The molecule has 1 nitrogen and oxygen atoms in total. The van der Waals surface area contributed by atoms with Gasteiger partial charge in [-0.2, -0.15) is 0 Å². The molecule has 0 amide bonds. The van der Waals surface area contributed by atoms with Gasteiger partial charge in [0, 0.05) is 6.42 Å². The minimum atomic E-state index is 0.251. The number of aryl methyl sites for hydroxylation is 2. The Morgan fingerprint density at radius 1 is 1.33 bits per heavy atom. The van der Waals surface area contributed by atoms with Crippen LogP contribution in [-0.4, -0.2) is 5.78 Å². The highest BCUT2D eigenvalue weighted by Crippen LogP contribution is 2.12. The van der Waals surface area contributed by atoms with Crippen molar-refractivity contribution in [3.05, 3.63) is 41.0 Å². The summed E-state index contributed by atoms with van der Waals surface area (Å²) in [6.07, 6.45) is 5.65. The molecule has 0 radical (unpaired) electrons. The van der Waals surface area contributed by atoms with Crippen molar-refractivity contribution in [3.8, 4) is 0 Å². The second-order valence-electron chi connectivity index (χ2n) is 4.00. The predicted octanol–water partition coefficient (Wildman–Crippen LogP) is 3.69. The minimum Gasteiger partial charge on any atom is -0.300 e. The maximum Gasteiger partial charge on any atom is 0.130 e. The van der Waals surface area contributed by atoms with Crippen LogP contribution in [0.15, 0.2) is 24.3 Å². The second kappa shape index (κ2) is 5.50. The third-order valence-corrected chi connectivity index (χ3v) is 2.40. The van der Waals surface area contributed by atoms with Crippen LogP contribution >= 0.6 is 0 Å². The van der Waals surface area contributed by atoms with Crippen molar-refractivity contribution in [2.75, 3.05) is 0 Å². The van der Waals surface area contributed by atoms with Crippen molar-refractivity contribution >= 4 is 11.9 Å². The Labute approximate surface area is 91.8 Å². The van der Waals surface area contributed by atoms with E-state index in [-0.39, 0.29) is 5.78 Å². The number of hydrogen-bond donors (Lipinski definition) is 0. The highest BCUT2D eigenvalue weighted by molar-refractivity contribution is 5.75. The van der Waals surface area contributed by atoms with Crippen LogP contribution in [0.4, 0.5) is 0 Å². The molecule has 0 N–H and O–H groups in total. The fraction of sp³-hybridized carbons (Fsp3) is 0.357. The molecule has 0 aromatic heterocycles. The molecular weight excluding hydrogens is 184 g/mol. The summed E-state index contributed by atoms with van der Waals surface area (Å²) in [7, 11) is 0. The van der Waals surface area contributed by atoms with Crippen molar-refractivity contribution < 1.29 is 4.79 Å². The lowest BCUT2D eigenvalue weighted by atomic mass is 10.0. The lowest BCUT2D eigenvalue weighted by Gasteiger charge is -2.01. The maximum atomic E-state index is 10.7. The quantitative estimate of drug-likeness (QED) is 0.727. The van der Waals surface area contributed by atoms with Crippen LogP contribution < -0.4 is 0 Å². The summed E-state index contributed by atoms with van der Waals surface area (Å²) in [5.74, 6) is 0.251. The van der Waals surface area contributed by atoms with Gasteiger partial charge >= 0.3 is 0 Å². The molecule has 0 saturated carbocycles. The number of carbonyl (C=O) groups is 1. The van der Waals surface area contributed by atoms with Gasteiger partial charge in [-0.15, -0.1) is 0 Å². The van der Waals surface area contributed by atoms with E-state index in [1.807, 2.05) is 0 Å². The Kier molecular flexibility index (Phi) is 4.29. The molecule has 0 unspecified atom stereocenters. The Morgan fingerprint density at radius 3 is 2.73 bits per heavy atom. The smallest absolute Gasteiger partial charge is 0.130 e. The first-order valence-electron chi connectivity index (χ1n) is 5.33. The lowest BCUT2D eigenvalue weighted by Crippen LogP contribution is -1.87. The zero-order chi connectivity index (χ0) is 11.3. The Morgan fingerprint density at radius 2 is 2.07 bits per heavy atom. The Hall–Kier alpha value is -1.37. The molecule has 0 aliphatic heterocycles. The first-order valence-corrected chi connectivity index (χ1v) is 5.33. The first kappa shape index (κ1) is 11.7. The van der Waals surface area contributed by atoms with Crippen LogP contribution in [0.25, 0.3) is 6.08 Å². The van der Waals surface area contributed by atoms with Crippen LogP contribution in [0.5, 0.6) is 0 Å². The van der Waals surface area contributed by atoms with Gasteiger partial charge in [0.15, 0.2) is 0 Å². The molecule has 0 bridgehead atoms. The second-order valence-corrected chi connectivity index (χ2v) is 4.00. The van der Waals surface area contributed by atoms with E-state index in [1.54, 1.807) is 6.92 Å². The van der Waals surface area contributed by atoms with E-state index >= 15 is 0 Å². The molecule has 0 aliphatic rings. The number of allylic oxidation sites excluding steroid dienone is 1. The molecule has 0 fully saturated rings. The summed E-state index contributed by atoms with van der Waals surface area (Å²) in [5, 5.41) is 0. The maximum absolute atomic E-state index is 10.7. The highest BCUT2D eigenvalue weighted by atomic mass is 16.1. The van der Waals surface area contributed by atoms with Crippen molar-refractivity contribution in [1.82, 2.24) is 0 Å². The standard InChI is InChI=1S/C14H18O/c1-11-8-9-12(2)14(10-11)7-5-4-6-13(3)15/h5,7-10H,4,6H2,1-3H3/b7-5+. The van der Waals surface area contributed by atoms with Gasteiger partial charge in [0.05, 0.1) is 0 Å². The van der Waals surface area contributed by atoms with E-state index in [0.29, 0.717) is 6.42 Å². The van der Waals surface area contributed by atoms with Crippen molar-refractivity contribution in [1.29, 1.82) is 0 Å². The highest BCUT2D eigenvalue weighted by Gasteiger charge is 1.94. The Bertz CT molecular complexity index is 375. The molecule has 1 rings (SSSR count). The van der Waals surface area contributed by atoms with Crippen molar-refractivity contribution in [2.45, 2.75) is 33.6 Å². The predicted molar refractivity (Wildman–Crippen MR) is 64.9 cm³/mol. The van der Waals surface area contributed by atoms with Crippen LogP contribution in [0.2, 0.25) is 0 Å². The molecule has 1 aromatic rings. The first-order chi connectivity index (χ1) is 7.09. The van der Waals surface area contributed by atoms with Gasteiger partial charge in [-0.05, 0) is 38.3 Å². The van der Waals surface area contributed by atoms with E-state index in [2.05, 4.69) is 44.2 Å². The van der Waals surface area contributed by atoms with Gasteiger partial charge in [-0.25, -0.2) is 0 Å². The number of hydrogen-bond acceptors (Lipinski definition) is 1. The fourth-order valence-corrected chi connectivity index (χ4v) is 1.44. The molecule has 0 heterocycles. The molecule has 1 heteroatoms. The van der Waals surface area contributed by atoms with Gasteiger partial charge in [0.2, 0.25) is 0 Å². The molecule has 0 saturated heterocycles. The summed E-state index contributed by atoms with van der Waals surface area (Å²) in [6.45, 7) is 5.82. The average Bonchev–Trinajstić information content (AvgIpc) is 2.17. The van der Waals surface area contributed by atoms with E-state index < -0.39 is 0 Å². The van der Waals surface area contributed by atoms with E-state index in [9.17, 15) is 4.79 Å². The third-order valence-electron chi connectivity index (χ3n) is 2.40. The lowest BCUT2D eigenvalue weighted by molar-refractivity contribution is -0.116. The zero-order valence-electron chi connectivity index (χ0n) is 9.71. The summed E-state index contributed by atoms with van der Waals surface area (Å²) >= 11 is 0. The third kappa shape index (κ3) is 4.11. The number of rotatable bonds is 4. The van der Waals surface area contributed by atoms with E-state index in [1.165, 1.54) is 16.7 Å². The van der Waals surface area contributed by atoms with Crippen LogP contribution in [-0.2, 0) is 4.79 Å². The SMILES string of the molecule is CC(=O)CC/C=C/c1cc(C)ccc1C. The monoisotopic (exact) mass is 202 g/mol. The summed E-state index contributed by atoms with van der Waals surface area (Å²) in [4.78, 5) is 10.7. The normalized spacial score (nSPS) is 10.9. The van der Waals surface area contributed by atoms with Gasteiger partial charge in [-0.3, -0.25) is 0 Å². The van der Waals surface area contributed by atoms with Crippen LogP contribution in [0.3, 0.4) is 0 Å². The zero-order valence-corrected chi connectivity index (χ0v) is 9.71. The van der Waals surface area contributed by atoms with Crippen LogP contribution in [0.1, 0.15) is 36.5 Å². The number of carbonyl (C=O) groups excluding carboxylic acids is 1. The van der Waals surface area contributed by atoms with E-state index in [0.717, 1.165) is 6.42 Å². The van der Waals surface area contributed by atoms with Gasteiger partial charge < -0.3 is 4.79 Å². The van der Waals surface area contributed by atoms with E-state index in [4.69, 9.17) is 0 Å². The number of Topliss-reactive ketones (excluding diaryl/α,β-unsaturated/α-hetero) is 1. The summed E-state index contributed by atoms with van der Waals surface area (Å²) < 4.78 is 0. The molecule has 1 aromatic carbocycles. The molecule has 0 atom stereocenters. The molecule has 0 spiro atoms.